The number of aromatic carboxylic acids is 1. The van der Waals surface area contributed by atoms with E-state index in [0.717, 1.165) is 0 Å². The quantitative estimate of drug-likeness (QED) is 0.734. The number of para-hydroxylation sites is 1. The van der Waals surface area contributed by atoms with E-state index < -0.39 is 12.0 Å². The van der Waals surface area contributed by atoms with Crippen molar-refractivity contribution in [1.82, 2.24) is 5.32 Å². The Kier molecular flexibility index (Phi) is 5.81. The van der Waals surface area contributed by atoms with Crippen molar-refractivity contribution in [2.75, 3.05) is 18.5 Å². The number of nitrogens with one attached hydrogen (secondary N) is 2. The van der Waals surface area contributed by atoms with Gasteiger partial charge in [0.2, 0.25) is 0 Å². The monoisotopic (exact) mass is 266 g/mol. The Bertz CT molecular complexity index is 448. The number of hydrogen-bond acceptors (Lipinski definition) is 3. The van der Waals surface area contributed by atoms with Gasteiger partial charge >= 0.3 is 12.0 Å². The van der Waals surface area contributed by atoms with Crippen LogP contribution in [-0.4, -0.2) is 36.4 Å². The third kappa shape index (κ3) is 4.97. The van der Waals surface area contributed by atoms with Crippen LogP contribution in [0.4, 0.5) is 10.5 Å². The van der Waals surface area contributed by atoms with Gasteiger partial charge in [-0.15, -0.1) is 0 Å². The highest BCUT2D eigenvalue weighted by atomic mass is 16.5. The van der Waals surface area contributed by atoms with Gasteiger partial charge in [-0.25, -0.2) is 9.59 Å². The van der Waals surface area contributed by atoms with Gasteiger partial charge in [-0.2, -0.15) is 0 Å². The van der Waals surface area contributed by atoms with Crippen LogP contribution in [0, 0.1) is 0 Å². The van der Waals surface area contributed by atoms with Gasteiger partial charge in [0.25, 0.3) is 0 Å². The molecule has 1 atom stereocenters. The van der Waals surface area contributed by atoms with E-state index in [0.29, 0.717) is 13.2 Å². The maximum atomic E-state index is 11.6. The largest absolute Gasteiger partial charge is 0.478 e. The number of anilines is 1. The fourth-order valence-electron chi connectivity index (χ4n) is 1.52. The van der Waals surface area contributed by atoms with Crippen LogP contribution < -0.4 is 10.6 Å². The molecule has 0 heterocycles. The normalized spacial score (nSPS) is 11.7. The van der Waals surface area contributed by atoms with Crippen LogP contribution in [0.5, 0.6) is 0 Å². The highest BCUT2D eigenvalue weighted by Gasteiger charge is 2.11. The Morgan fingerprint density at radius 2 is 2.05 bits per heavy atom. The molecule has 0 aliphatic heterocycles. The van der Waals surface area contributed by atoms with Gasteiger partial charge < -0.3 is 20.5 Å². The van der Waals surface area contributed by atoms with Crippen LogP contribution in [-0.2, 0) is 4.74 Å². The number of carboxylic acids is 1. The van der Waals surface area contributed by atoms with E-state index in [-0.39, 0.29) is 17.4 Å². The highest BCUT2D eigenvalue weighted by Crippen LogP contribution is 2.14. The first-order chi connectivity index (χ1) is 9.04. The third-order valence-corrected chi connectivity index (χ3v) is 2.41. The second kappa shape index (κ2) is 7.38. The number of carbonyl (C=O) groups is 2. The average Bonchev–Trinajstić information content (AvgIpc) is 2.37. The fourth-order valence-corrected chi connectivity index (χ4v) is 1.52. The lowest BCUT2D eigenvalue weighted by Crippen LogP contribution is -2.35. The van der Waals surface area contributed by atoms with Crippen molar-refractivity contribution >= 4 is 17.7 Å². The molecule has 2 amide bonds. The summed E-state index contributed by atoms with van der Waals surface area (Å²) in [7, 11) is 0. The van der Waals surface area contributed by atoms with Gasteiger partial charge in [-0.1, -0.05) is 12.1 Å². The molecule has 6 nitrogen and oxygen atoms in total. The number of benzene rings is 1. The first kappa shape index (κ1) is 15.0. The van der Waals surface area contributed by atoms with Crippen LogP contribution >= 0.6 is 0 Å². The number of urea groups is 1. The lowest BCUT2D eigenvalue weighted by Gasteiger charge is -2.14. The summed E-state index contributed by atoms with van der Waals surface area (Å²) in [5.41, 5.74) is 0.312. The molecule has 19 heavy (non-hydrogen) atoms. The van der Waals surface area contributed by atoms with Crippen molar-refractivity contribution in [2.24, 2.45) is 0 Å². The van der Waals surface area contributed by atoms with E-state index in [1.807, 2.05) is 13.8 Å². The number of ether oxygens (including phenoxy) is 1. The van der Waals surface area contributed by atoms with E-state index in [4.69, 9.17) is 9.84 Å². The molecule has 1 aromatic rings. The summed E-state index contributed by atoms with van der Waals surface area (Å²) in [4.78, 5) is 22.6. The topological polar surface area (TPSA) is 87.7 Å². The van der Waals surface area contributed by atoms with Crippen LogP contribution in [0.25, 0.3) is 0 Å². The molecule has 3 N–H and O–H groups in total. The molecule has 0 fully saturated rings. The van der Waals surface area contributed by atoms with Crippen LogP contribution in [0.15, 0.2) is 24.3 Å². The maximum Gasteiger partial charge on any atom is 0.337 e. The summed E-state index contributed by atoms with van der Waals surface area (Å²) >= 11 is 0. The summed E-state index contributed by atoms with van der Waals surface area (Å²) in [5, 5.41) is 14.1. The molecule has 0 aliphatic rings. The van der Waals surface area contributed by atoms with Gasteiger partial charge in [0, 0.05) is 13.2 Å². The second-order valence-electron chi connectivity index (χ2n) is 3.95. The molecule has 1 rings (SSSR count). The minimum Gasteiger partial charge on any atom is -0.478 e. The van der Waals surface area contributed by atoms with Crippen LogP contribution in [0.3, 0.4) is 0 Å². The number of hydrogen-bond donors (Lipinski definition) is 3. The molecule has 1 aromatic carbocycles. The van der Waals surface area contributed by atoms with Crippen LogP contribution in [0.1, 0.15) is 24.2 Å². The van der Waals surface area contributed by atoms with Gasteiger partial charge in [0.1, 0.15) is 0 Å². The first-order valence-electron chi connectivity index (χ1n) is 6.03. The Hall–Kier alpha value is -2.08. The first-order valence-corrected chi connectivity index (χ1v) is 6.03. The zero-order chi connectivity index (χ0) is 14.3. The minimum atomic E-state index is -1.08. The summed E-state index contributed by atoms with van der Waals surface area (Å²) in [6, 6.07) is 5.77. The summed E-state index contributed by atoms with van der Waals surface area (Å²) < 4.78 is 5.27. The Morgan fingerprint density at radius 3 is 2.68 bits per heavy atom. The lowest BCUT2D eigenvalue weighted by molar-refractivity contribution is 0.0697. The van der Waals surface area contributed by atoms with Crippen molar-refractivity contribution in [2.45, 2.75) is 20.0 Å². The molecule has 0 aliphatic carbocycles. The Morgan fingerprint density at radius 1 is 1.37 bits per heavy atom. The third-order valence-electron chi connectivity index (χ3n) is 2.41. The molecule has 0 bridgehead atoms. The second-order valence-corrected chi connectivity index (χ2v) is 3.95. The van der Waals surface area contributed by atoms with E-state index >= 15 is 0 Å². The van der Waals surface area contributed by atoms with Crippen molar-refractivity contribution < 1.29 is 19.4 Å². The SMILES string of the molecule is CCOC(C)CNC(=O)Nc1ccccc1C(=O)O. The predicted molar refractivity (Wildman–Crippen MR) is 71.5 cm³/mol. The Balaban J connectivity index is 2.55. The number of carboxylic acid groups (broad SMARTS) is 1. The van der Waals surface area contributed by atoms with Gasteiger partial charge in [0.15, 0.2) is 0 Å². The fraction of sp³-hybridized carbons (Fsp3) is 0.385. The Labute approximate surface area is 111 Å². The molecule has 0 aromatic heterocycles. The summed E-state index contributed by atoms with van der Waals surface area (Å²) in [5.74, 6) is -1.08. The number of carbonyl (C=O) groups excluding carboxylic acids is 1. The highest BCUT2D eigenvalue weighted by molar-refractivity contribution is 5.99. The number of amides is 2. The van der Waals surface area contributed by atoms with Crippen molar-refractivity contribution in [3.05, 3.63) is 29.8 Å². The smallest absolute Gasteiger partial charge is 0.337 e. The molecular formula is C13H18N2O4. The number of rotatable bonds is 6. The zero-order valence-corrected chi connectivity index (χ0v) is 11.0. The van der Waals surface area contributed by atoms with Gasteiger partial charge in [0.05, 0.1) is 17.4 Å². The molecular weight excluding hydrogens is 248 g/mol. The van der Waals surface area contributed by atoms with E-state index in [2.05, 4.69) is 10.6 Å². The van der Waals surface area contributed by atoms with E-state index in [1.165, 1.54) is 12.1 Å². The zero-order valence-electron chi connectivity index (χ0n) is 11.0. The molecule has 0 saturated heterocycles. The van der Waals surface area contributed by atoms with Gasteiger partial charge in [-0.05, 0) is 26.0 Å². The van der Waals surface area contributed by atoms with E-state index in [1.54, 1.807) is 12.1 Å². The molecule has 0 saturated carbocycles. The molecule has 0 radical (unpaired) electrons. The lowest BCUT2D eigenvalue weighted by atomic mass is 10.2. The minimum absolute atomic E-state index is 0.0514. The molecule has 0 spiro atoms. The van der Waals surface area contributed by atoms with Crippen LogP contribution in [0.2, 0.25) is 0 Å². The average molecular weight is 266 g/mol. The summed E-state index contributed by atoms with van der Waals surface area (Å²) in [6.07, 6.45) is -0.0922. The summed E-state index contributed by atoms with van der Waals surface area (Å²) in [6.45, 7) is 4.65. The van der Waals surface area contributed by atoms with E-state index in [9.17, 15) is 9.59 Å². The van der Waals surface area contributed by atoms with Gasteiger partial charge in [-0.3, -0.25) is 0 Å². The molecule has 104 valence electrons. The predicted octanol–water partition coefficient (Wildman–Crippen LogP) is 1.93. The molecule has 1 unspecified atom stereocenters. The maximum absolute atomic E-state index is 11.6. The van der Waals surface area contributed by atoms with Crippen molar-refractivity contribution in [3.63, 3.8) is 0 Å². The standard InChI is InChI=1S/C13H18N2O4/c1-3-19-9(2)8-14-13(18)15-11-7-5-4-6-10(11)12(16)17/h4-7,9H,3,8H2,1-2H3,(H,16,17)(H2,14,15,18). The van der Waals surface area contributed by atoms with Crippen molar-refractivity contribution in [3.8, 4) is 0 Å². The van der Waals surface area contributed by atoms with Crippen molar-refractivity contribution in [1.29, 1.82) is 0 Å². The molecule has 6 heteroatoms.